The minimum absolute atomic E-state index is 0.122. The molecule has 0 radical (unpaired) electrons. The van der Waals surface area contributed by atoms with Crippen LogP contribution < -0.4 is 10.2 Å². The summed E-state index contributed by atoms with van der Waals surface area (Å²) in [5, 5.41) is 4.81. The van der Waals surface area contributed by atoms with E-state index in [-0.39, 0.29) is 17.5 Å². The Bertz CT molecular complexity index is 1100. The molecule has 1 aromatic carbocycles. The lowest BCUT2D eigenvalue weighted by atomic mass is 9.99. The molecule has 1 atom stereocenters. The van der Waals surface area contributed by atoms with Gasteiger partial charge in [0.1, 0.15) is 17.8 Å². The number of hydrogen-bond acceptors (Lipinski definition) is 4. The van der Waals surface area contributed by atoms with Crippen molar-refractivity contribution in [1.82, 2.24) is 19.9 Å². The molecular formula is C20H20Cl2N6O. The first-order chi connectivity index (χ1) is 14.0. The SMILES string of the molecule is CN(c1ncnc2[nH]ccc12)[C@H]1CN(C(=O)Nc2ccc(Cl)c(Cl)c2)CC12CC2. The minimum Gasteiger partial charge on any atom is -0.354 e. The maximum absolute atomic E-state index is 12.9. The van der Waals surface area contributed by atoms with Crippen LogP contribution in [-0.2, 0) is 0 Å². The lowest BCUT2D eigenvalue weighted by Gasteiger charge is -2.30. The van der Waals surface area contributed by atoms with Crippen molar-refractivity contribution in [1.29, 1.82) is 0 Å². The van der Waals surface area contributed by atoms with Crippen molar-refractivity contribution >= 4 is 51.8 Å². The number of halogens is 2. The normalized spacial score (nSPS) is 19.7. The van der Waals surface area contributed by atoms with Crippen LogP contribution in [-0.4, -0.2) is 52.1 Å². The van der Waals surface area contributed by atoms with Crippen molar-refractivity contribution < 1.29 is 4.79 Å². The van der Waals surface area contributed by atoms with Crippen LogP contribution in [0.25, 0.3) is 11.0 Å². The van der Waals surface area contributed by atoms with Gasteiger partial charge in [-0.1, -0.05) is 23.2 Å². The molecule has 0 unspecified atom stereocenters. The van der Waals surface area contributed by atoms with E-state index in [4.69, 9.17) is 23.2 Å². The molecule has 2 aliphatic rings. The number of aromatic amines is 1. The number of urea groups is 1. The van der Waals surface area contributed by atoms with Crippen LogP contribution in [0.5, 0.6) is 0 Å². The van der Waals surface area contributed by atoms with E-state index in [1.807, 2.05) is 17.2 Å². The van der Waals surface area contributed by atoms with Gasteiger partial charge in [0.15, 0.2) is 0 Å². The fraction of sp³-hybridized carbons (Fsp3) is 0.350. The second kappa shape index (κ2) is 6.78. The zero-order chi connectivity index (χ0) is 20.2. The van der Waals surface area contributed by atoms with Gasteiger partial charge in [0.2, 0.25) is 0 Å². The summed E-state index contributed by atoms with van der Waals surface area (Å²) in [6.07, 6.45) is 5.67. The Morgan fingerprint density at radius 2 is 2.10 bits per heavy atom. The van der Waals surface area contributed by atoms with Gasteiger partial charge < -0.3 is 20.1 Å². The quantitative estimate of drug-likeness (QED) is 0.645. The summed E-state index contributed by atoms with van der Waals surface area (Å²) in [4.78, 5) is 28.9. The molecule has 29 heavy (non-hydrogen) atoms. The second-order valence-corrected chi connectivity index (χ2v) is 8.68. The highest BCUT2D eigenvalue weighted by molar-refractivity contribution is 6.42. The summed E-state index contributed by atoms with van der Waals surface area (Å²) < 4.78 is 0. The van der Waals surface area contributed by atoms with E-state index in [1.165, 1.54) is 0 Å². The first kappa shape index (κ1) is 18.5. The van der Waals surface area contributed by atoms with E-state index in [2.05, 4.69) is 32.2 Å². The number of hydrogen-bond donors (Lipinski definition) is 2. The summed E-state index contributed by atoms with van der Waals surface area (Å²) in [6, 6.07) is 7.17. The van der Waals surface area contributed by atoms with Gasteiger partial charge in [-0.25, -0.2) is 14.8 Å². The predicted octanol–water partition coefficient (Wildman–Crippen LogP) is 4.40. The first-order valence-corrected chi connectivity index (χ1v) is 10.2. The van der Waals surface area contributed by atoms with Crippen LogP contribution in [0, 0.1) is 5.41 Å². The summed E-state index contributed by atoms with van der Waals surface area (Å²) in [5.41, 5.74) is 1.58. The highest BCUT2D eigenvalue weighted by atomic mass is 35.5. The zero-order valence-corrected chi connectivity index (χ0v) is 17.3. The third-order valence-corrected chi connectivity index (χ3v) is 6.83. The summed E-state index contributed by atoms with van der Waals surface area (Å²) >= 11 is 12.0. The number of H-pyrrole nitrogens is 1. The Morgan fingerprint density at radius 3 is 2.86 bits per heavy atom. The van der Waals surface area contributed by atoms with Crippen molar-refractivity contribution in [2.24, 2.45) is 5.41 Å². The van der Waals surface area contributed by atoms with Crippen LogP contribution in [0.3, 0.4) is 0 Å². The van der Waals surface area contributed by atoms with Gasteiger partial charge in [0.25, 0.3) is 0 Å². The Hall–Kier alpha value is -2.51. The summed E-state index contributed by atoms with van der Waals surface area (Å²) in [5.74, 6) is 0.888. The van der Waals surface area contributed by atoms with Crippen LogP contribution in [0.4, 0.5) is 16.3 Å². The number of fused-ring (bicyclic) bond motifs is 1. The molecule has 9 heteroatoms. The maximum atomic E-state index is 12.9. The topological polar surface area (TPSA) is 77.2 Å². The fourth-order valence-corrected chi connectivity index (χ4v) is 4.65. The van der Waals surface area contributed by atoms with E-state index in [0.29, 0.717) is 22.3 Å². The molecule has 0 bridgehead atoms. The Balaban J connectivity index is 1.36. The van der Waals surface area contributed by atoms with Gasteiger partial charge >= 0.3 is 6.03 Å². The highest BCUT2D eigenvalue weighted by Crippen LogP contribution is 2.55. The van der Waals surface area contributed by atoms with Crippen LogP contribution in [0.15, 0.2) is 36.8 Å². The van der Waals surface area contributed by atoms with E-state index in [1.54, 1.807) is 24.5 Å². The van der Waals surface area contributed by atoms with Gasteiger partial charge in [-0.3, -0.25) is 0 Å². The number of likely N-dealkylation sites (tertiary alicyclic amines) is 1. The minimum atomic E-state index is -0.125. The molecule has 2 N–H and O–H groups in total. The molecule has 5 rings (SSSR count). The number of rotatable bonds is 3. The summed E-state index contributed by atoms with van der Waals surface area (Å²) in [6.45, 7) is 1.37. The molecule has 1 aliphatic heterocycles. The van der Waals surface area contributed by atoms with E-state index in [9.17, 15) is 4.79 Å². The monoisotopic (exact) mass is 430 g/mol. The number of benzene rings is 1. The number of amides is 2. The molecule has 1 saturated heterocycles. The number of nitrogens with one attached hydrogen (secondary N) is 2. The van der Waals surface area contributed by atoms with Crippen molar-refractivity contribution in [3.8, 4) is 0 Å². The molecule has 3 heterocycles. The molecule has 7 nitrogen and oxygen atoms in total. The molecule has 1 spiro atoms. The average molecular weight is 431 g/mol. The third kappa shape index (κ3) is 3.18. The van der Waals surface area contributed by atoms with Gasteiger partial charge in [-0.15, -0.1) is 0 Å². The second-order valence-electron chi connectivity index (χ2n) is 7.87. The zero-order valence-electron chi connectivity index (χ0n) is 15.8. The van der Waals surface area contributed by atoms with Gasteiger partial charge in [0, 0.05) is 37.4 Å². The lowest BCUT2D eigenvalue weighted by Crippen LogP contribution is -2.40. The van der Waals surface area contributed by atoms with E-state index < -0.39 is 0 Å². The number of aromatic nitrogens is 3. The molecule has 2 aromatic heterocycles. The van der Waals surface area contributed by atoms with Crippen molar-refractivity contribution in [2.75, 3.05) is 30.4 Å². The largest absolute Gasteiger partial charge is 0.354 e. The van der Waals surface area contributed by atoms with Crippen molar-refractivity contribution in [3.05, 3.63) is 46.8 Å². The fourth-order valence-electron chi connectivity index (χ4n) is 4.36. The highest BCUT2D eigenvalue weighted by Gasteiger charge is 2.57. The lowest BCUT2D eigenvalue weighted by molar-refractivity contribution is 0.220. The standard InChI is InChI=1S/C20H20Cl2N6O/c1-27(18-13-4-7-23-17(13)24-11-25-18)16-9-28(10-20(16)5-6-20)19(29)26-12-2-3-14(21)15(22)8-12/h2-4,7-8,11,16H,5-6,9-10H2,1H3,(H,26,29)(H,23,24,25)/t16-/m0/s1. The third-order valence-electron chi connectivity index (χ3n) is 6.09. The summed E-state index contributed by atoms with van der Waals surface area (Å²) in [7, 11) is 2.06. The maximum Gasteiger partial charge on any atom is 0.321 e. The van der Waals surface area contributed by atoms with Crippen LogP contribution in [0.2, 0.25) is 10.0 Å². The number of likely N-dealkylation sites (N-methyl/N-ethyl adjacent to an activating group) is 1. The van der Waals surface area contributed by atoms with Crippen LogP contribution in [0.1, 0.15) is 12.8 Å². The Labute approximate surface area is 178 Å². The number of carbonyl (C=O) groups excluding carboxylic acids is 1. The first-order valence-electron chi connectivity index (χ1n) is 9.49. The molecule has 2 amide bonds. The van der Waals surface area contributed by atoms with Gasteiger partial charge in [-0.2, -0.15) is 0 Å². The molecular weight excluding hydrogens is 411 g/mol. The van der Waals surface area contributed by atoms with Gasteiger partial charge in [-0.05, 0) is 37.1 Å². The van der Waals surface area contributed by atoms with Gasteiger partial charge in [0.05, 0.1) is 21.5 Å². The van der Waals surface area contributed by atoms with Crippen molar-refractivity contribution in [2.45, 2.75) is 18.9 Å². The molecule has 1 aliphatic carbocycles. The van der Waals surface area contributed by atoms with E-state index in [0.717, 1.165) is 36.2 Å². The number of nitrogens with zero attached hydrogens (tertiary/aromatic N) is 4. The van der Waals surface area contributed by atoms with Crippen molar-refractivity contribution in [3.63, 3.8) is 0 Å². The number of carbonyl (C=O) groups is 1. The molecule has 3 aromatic rings. The molecule has 150 valence electrons. The smallest absolute Gasteiger partial charge is 0.321 e. The predicted molar refractivity (Wildman–Crippen MR) is 115 cm³/mol. The average Bonchev–Trinajstić information content (AvgIpc) is 3.14. The number of anilines is 2. The van der Waals surface area contributed by atoms with Crippen LogP contribution >= 0.6 is 23.2 Å². The Kier molecular flexibility index (Phi) is 4.33. The molecule has 1 saturated carbocycles. The van der Waals surface area contributed by atoms with E-state index >= 15 is 0 Å². The molecule has 2 fully saturated rings. The Morgan fingerprint density at radius 1 is 1.28 bits per heavy atom.